The van der Waals surface area contributed by atoms with Crippen molar-refractivity contribution in [2.45, 2.75) is 46.6 Å². The van der Waals surface area contributed by atoms with E-state index in [1.54, 1.807) is 10.7 Å². The second kappa shape index (κ2) is 7.72. The Labute approximate surface area is 176 Å². The molecule has 158 valence electrons. The number of hydrogen-bond acceptors (Lipinski definition) is 5. The molecule has 1 aliphatic carbocycles. The molecule has 0 aliphatic heterocycles. The van der Waals surface area contributed by atoms with Gasteiger partial charge in [-0.2, -0.15) is 5.10 Å². The van der Waals surface area contributed by atoms with Crippen molar-refractivity contribution in [3.63, 3.8) is 0 Å². The van der Waals surface area contributed by atoms with Gasteiger partial charge in [0.1, 0.15) is 12.4 Å². The highest BCUT2D eigenvalue weighted by Crippen LogP contribution is 2.33. The molecule has 0 saturated heterocycles. The van der Waals surface area contributed by atoms with Crippen LogP contribution in [0, 0.1) is 18.3 Å². The van der Waals surface area contributed by atoms with Gasteiger partial charge in [0.25, 0.3) is 0 Å². The van der Waals surface area contributed by atoms with E-state index >= 15 is 0 Å². The molecule has 3 aromatic rings. The van der Waals surface area contributed by atoms with Gasteiger partial charge in [0.2, 0.25) is 5.91 Å². The minimum Gasteiger partial charge on any atom is -0.490 e. The number of aromatic nitrogens is 3. The maximum atomic E-state index is 12.0. The molecule has 1 atom stereocenters. The van der Waals surface area contributed by atoms with Crippen LogP contribution in [0.15, 0.2) is 36.7 Å². The Bertz CT molecular complexity index is 1080. The Morgan fingerprint density at radius 2 is 2.10 bits per heavy atom. The van der Waals surface area contributed by atoms with Crippen molar-refractivity contribution in [2.24, 2.45) is 17.1 Å². The minimum atomic E-state index is -0.0957. The molecule has 1 amide bonds. The van der Waals surface area contributed by atoms with Crippen molar-refractivity contribution >= 4 is 17.2 Å². The number of nitrogens with zero attached hydrogens (tertiary/aromatic N) is 3. The van der Waals surface area contributed by atoms with Crippen LogP contribution in [-0.2, 0) is 4.79 Å². The molecule has 0 radical (unpaired) electrons. The first kappa shape index (κ1) is 20.3. The zero-order valence-electron chi connectivity index (χ0n) is 18.0. The van der Waals surface area contributed by atoms with E-state index in [1.807, 2.05) is 37.4 Å². The van der Waals surface area contributed by atoms with Gasteiger partial charge in [-0.15, -0.1) is 0 Å². The second-order valence-corrected chi connectivity index (χ2v) is 9.18. The third-order valence-electron chi connectivity index (χ3n) is 5.51. The fourth-order valence-electron chi connectivity index (χ4n) is 3.11. The van der Waals surface area contributed by atoms with Gasteiger partial charge in [-0.25, -0.2) is 4.52 Å². The molecule has 7 nitrogen and oxygen atoms in total. The number of nitrogens with two attached hydrogens (primary N) is 1. The molecule has 1 saturated carbocycles. The van der Waals surface area contributed by atoms with Gasteiger partial charge >= 0.3 is 0 Å². The highest BCUT2D eigenvalue weighted by atomic mass is 16.5. The van der Waals surface area contributed by atoms with Crippen LogP contribution in [0.5, 0.6) is 5.75 Å². The van der Waals surface area contributed by atoms with E-state index in [9.17, 15) is 4.79 Å². The average molecular weight is 408 g/mol. The molecule has 3 aromatic heterocycles. The monoisotopic (exact) mass is 407 g/mol. The largest absolute Gasteiger partial charge is 0.490 e. The Kier molecular flexibility index (Phi) is 5.24. The smallest absolute Gasteiger partial charge is 0.228 e. The zero-order chi connectivity index (χ0) is 21.5. The van der Waals surface area contributed by atoms with E-state index in [1.165, 1.54) is 0 Å². The number of fused-ring (bicyclic) bond motifs is 1. The van der Waals surface area contributed by atoms with Gasteiger partial charge in [0, 0.05) is 35.5 Å². The van der Waals surface area contributed by atoms with Crippen LogP contribution in [-0.4, -0.2) is 33.2 Å². The summed E-state index contributed by atoms with van der Waals surface area (Å²) in [4.78, 5) is 16.4. The number of carbonyl (C=O) groups excluding carboxylic acids is 1. The van der Waals surface area contributed by atoms with Crippen molar-refractivity contribution < 1.29 is 9.53 Å². The molecule has 0 bridgehead atoms. The maximum absolute atomic E-state index is 12.0. The van der Waals surface area contributed by atoms with E-state index in [0.717, 1.165) is 35.2 Å². The van der Waals surface area contributed by atoms with Crippen molar-refractivity contribution in [2.75, 3.05) is 11.9 Å². The lowest BCUT2D eigenvalue weighted by Crippen LogP contribution is -2.40. The van der Waals surface area contributed by atoms with Gasteiger partial charge in [-0.3, -0.25) is 9.78 Å². The first-order chi connectivity index (χ1) is 14.2. The van der Waals surface area contributed by atoms with Crippen LogP contribution >= 0.6 is 0 Å². The van der Waals surface area contributed by atoms with Crippen molar-refractivity contribution in [3.8, 4) is 16.9 Å². The fraction of sp³-hybridized carbons (Fsp3) is 0.435. The van der Waals surface area contributed by atoms with Crippen molar-refractivity contribution in [1.29, 1.82) is 0 Å². The van der Waals surface area contributed by atoms with Crippen LogP contribution in [0.4, 0.5) is 5.82 Å². The van der Waals surface area contributed by atoms with Gasteiger partial charge in [-0.1, -0.05) is 20.8 Å². The Balaban J connectivity index is 1.60. The molecule has 30 heavy (non-hydrogen) atoms. The Morgan fingerprint density at radius 1 is 1.33 bits per heavy atom. The molecule has 0 aromatic carbocycles. The first-order valence-electron chi connectivity index (χ1n) is 10.4. The molecular formula is C23H29N5O2. The van der Waals surface area contributed by atoms with E-state index < -0.39 is 0 Å². The quantitative estimate of drug-likeness (QED) is 0.648. The Morgan fingerprint density at radius 3 is 2.80 bits per heavy atom. The second-order valence-electron chi connectivity index (χ2n) is 9.18. The summed E-state index contributed by atoms with van der Waals surface area (Å²) in [5.74, 6) is 1.47. The number of hydrogen-bond donors (Lipinski definition) is 2. The maximum Gasteiger partial charge on any atom is 0.228 e. The number of aryl methyl sites for hydroxylation is 1. The van der Waals surface area contributed by atoms with Crippen LogP contribution in [0.3, 0.4) is 0 Å². The average Bonchev–Trinajstić information content (AvgIpc) is 3.46. The summed E-state index contributed by atoms with van der Waals surface area (Å²) in [6.07, 6.45) is 5.57. The standard InChI is InChI=1S/C23H29N5O2/c1-14-9-18(19(12-25-14)30-13-20(24)23(2,3)4)16-7-8-28-17(10-16)11-21(27-28)26-22(29)15-5-6-15/h7-12,15,20H,5-6,13,24H2,1-4H3,(H,26,27,29)/t20-/m0/s1. The molecular weight excluding hydrogens is 378 g/mol. The third kappa shape index (κ3) is 4.46. The molecule has 7 heteroatoms. The van der Waals surface area contributed by atoms with Gasteiger partial charge in [0.05, 0.1) is 11.7 Å². The predicted octanol–water partition coefficient (Wildman–Crippen LogP) is 3.81. The minimum absolute atomic E-state index is 0.0455. The summed E-state index contributed by atoms with van der Waals surface area (Å²) in [6.45, 7) is 8.66. The van der Waals surface area contributed by atoms with Crippen LogP contribution in [0.1, 0.15) is 39.3 Å². The summed E-state index contributed by atoms with van der Waals surface area (Å²) >= 11 is 0. The lowest BCUT2D eigenvalue weighted by molar-refractivity contribution is -0.117. The highest BCUT2D eigenvalue weighted by molar-refractivity contribution is 5.93. The number of ether oxygens (including phenoxy) is 1. The van der Waals surface area contributed by atoms with Crippen LogP contribution < -0.4 is 15.8 Å². The fourth-order valence-corrected chi connectivity index (χ4v) is 3.11. The topological polar surface area (TPSA) is 94.5 Å². The number of nitrogens with one attached hydrogen (secondary N) is 1. The first-order valence-corrected chi connectivity index (χ1v) is 10.4. The molecule has 4 rings (SSSR count). The number of anilines is 1. The summed E-state index contributed by atoms with van der Waals surface area (Å²) < 4.78 is 7.83. The van der Waals surface area contributed by atoms with E-state index in [-0.39, 0.29) is 23.3 Å². The molecule has 1 aliphatic rings. The summed E-state index contributed by atoms with van der Waals surface area (Å²) in [5, 5.41) is 7.35. The highest BCUT2D eigenvalue weighted by Gasteiger charge is 2.30. The lowest BCUT2D eigenvalue weighted by Gasteiger charge is -2.27. The SMILES string of the molecule is Cc1cc(-c2ccn3nc(NC(=O)C4CC4)cc3c2)c(OC[C@H](N)C(C)(C)C)cn1. The molecule has 0 spiro atoms. The molecule has 3 N–H and O–H groups in total. The molecule has 0 unspecified atom stereocenters. The summed E-state index contributed by atoms with van der Waals surface area (Å²) in [7, 11) is 0. The number of pyridine rings is 2. The van der Waals surface area contributed by atoms with Crippen molar-refractivity contribution in [1.82, 2.24) is 14.6 Å². The normalized spacial score (nSPS) is 15.2. The lowest BCUT2D eigenvalue weighted by atomic mass is 9.88. The summed E-state index contributed by atoms with van der Waals surface area (Å²) in [6, 6.07) is 7.81. The number of rotatable bonds is 6. The Hall–Kier alpha value is -2.93. The number of carbonyl (C=O) groups is 1. The van der Waals surface area contributed by atoms with Crippen LogP contribution in [0.25, 0.3) is 16.6 Å². The zero-order valence-corrected chi connectivity index (χ0v) is 18.0. The summed E-state index contributed by atoms with van der Waals surface area (Å²) in [5.41, 5.74) is 9.97. The third-order valence-corrected chi connectivity index (χ3v) is 5.51. The van der Waals surface area contributed by atoms with Gasteiger partial charge in [0.15, 0.2) is 5.82 Å². The predicted molar refractivity (Wildman–Crippen MR) is 117 cm³/mol. The van der Waals surface area contributed by atoms with Gasteiger partial charge in [-0.05, 0) is 48.9 Å². The van der Waals surface area contributed by atoms with E-state index in [0.29, 0.717) is 18.2 Å². The number of amides is 1. The van der Waals surface area contributed by atoms with E-state index in [2.05, 4.69) is 36.2 Å². The molecule has 1 fully saturated rings. The van der Waals surface area contributed by atoms with Crippen LogP contribution in [0.2, 0.25) is 0 Å². The van der Waals surface area contributed by atoms with Gasteiger partial charge < -0.3 is 15.8 Å². The van der Waals surface area contributed by atoms with Crippen molar-refractivity contribution in [3.05, 3.63) is 42.4 Å². The molecule has 3 heterocycles. The van der Waals surface area contributed by atoms with E-state index in [4.69, 9.17) is 10.5 Å².